The van der Waals surface area contributed by atoms with Crippen LogP contribution in [0, 0.1) is 3.57 Å². The summed E-state index contributed by atoms with van der Waals surface area (Å²) in [6.07, 6.45) is 4.52. The molecule has 2 aromatic rings. The molecule has 19 heavy (non-hydrogen) atoms. The van der Waals surface area contributed by atoms with Crippen LogP contribution in [0.3, 0.4) is 0 Å². The number of nitrogens with one attached hydrogen (secondary N) is 1. The smallest absolute Gasteiger partial charge is 0.264 e. The topological polar surface area (TPSA) is 63.6 Å². The van der Waals surface area contributed by atoms with Crippen LogP contribution < -0.4 is 5.56 Å². The van der Waals surface area contributed by atoms with Crippen LogP contribution in [0.15, 0.2) is 17.1 Å². The van der Waals surface area contributed by atoms with Crippen molar-refractivity contribution in [2.45, 2.75) is 39.7 Å². The standard InChI is InChI=1S/C13H17IN4O/c1-3-5-9-11(14)13(19)17-12(16-9)10-6-7-15-18(10)8-4-2/h6-7H,3-5,8H2,1-2H3,(H,16,17,19). The van der Waals surface area contributed by atoms with Crippen LogP contribution in [0.2, 0.25) is 0 Å². The first-order chi connectivity index (χ1) is 9.17. The summed E-state index contributed by atoms with van der Waals surface area (Å²) in [5.74, 6) is 0.611. The maximum absolute atomic E-state index is 12.0. The molecule has 0 saturated carbocycles. The first kappa shape index (κ1) is 14.2. The van der Waals surface area contributed by atoms with Crippen molar-refractivity contribution in [2.75, 3.05) is 0 Å². The molecule has 0 atom stereocenters. The zero-order valence-electron chi connectivity index (χ0n) is 11.1. The summed E-state index contributed by atoms with van der Waals surface area (Å²) in [5.41, 5.74) is 1.66. The predicted molar refractivity (Wildman–Crippen MR) is 83.1 cm³/mol. The highest BCUT2D eigenvalue weighted by Crippen LogP contribution is 2.16. The van der Waals surface area contributed by atoms with Crippen LogP contribution in [0.1, 0.15) is 32.4 Å². The number of hydrogen-bond donors (Lipinski definition) is 1. The molecule has 0 spiro atoms. The van der Waals surface area contributed by atoms with E-state index in [0.717, 1.165) is 37.2 Å². The quantitative estimate of drug-likeness (QED) is 0.821. The summed E-state index contributed by atoms with van der Waals surface area (Å²) in [4.78, 5) is 19.4. The Labute approximate surface area is 125 Å². The van der Waals surface area contributed by atoms with Gasteiger partial charge in [-0.3, -0.25) is 9.48 Å². The van der Waals surface area contributed by atoms with Crippen molar-refractivity contribution in [3.63, 3.8) is 0 Å². The zero-order valence-corrected chi connectivity index (χ0v) is 13.3. The molecule has 0 aromatic carbocycles. The van der Waals surface area contributed by atoms with E-state index in [4.69, 9.17) is 0 Å². The lowest BCUT2D eigenvalue weighted by Gasteiger charge is -2.08. The largest absolute Gasteiger partial charge is 0.304 e. The van der Waals surface area contributed by atoms with Crippen molar-refractivity contribution in [3.8, 4) is 11.5 Å². The van der Waals surface area contributed by atoms with Gasteiger partial charge in [0.25, 0.3) is 5.56 Å². The Hall–Kier alpha value is -1.18. The highest BCUT2D eigenvalue weighted by atomic mass is 127. The molecule has 0 aliphatic heterocycles. The molecule has 0 aliphatic carbocycles. The minimum Gasteiger partial charge on any atom is -0.304 e. The van der Waals surface area contributed by atoms with E-state index in [-0.39, 0.29) is 5.56 Å². The van der Waals surface area contributed by atoms with E-state index >= 15 is 0 Å². The second kappa shape index (κ2) is 6.31. The van der Waals surface area contributed by atoms with Gasteiger partial charge in [-0.15, -0.1) is 0 Å². The lowest BCUT2D eigenvalue weighted by Crippen LogP contribution is -2.17. The molecule has 0 aliphatic rings. The van der Waals surface area contributed by atoms with Crippen LogP contribution in [0.25, 0.3) is 11.5 Å². The first-order valence-corrected chi connectivity index (χ1v) is 7.56. The third-order valence-electron chi connectivity index (χ3n) is 2.81. The Kier molecular flexibility index (Phi) is 4.73. The van der Waals surface area contributed by atoms with Gasteiger partial charge in [0.05, 0.1) is 9.26 Å². The van der Waals surface area contributed by atoms with Gasteiger partial charge in [0.1, 0.15) is 5.69 Å². The fourth-order valence-corrected chi connectivity index (χ4v) is 2.48. The normalized spacial score (nSPS) is 10.9. The first-order valence-electron chi connectivity index (χ1n) is 6.48. The summed E-state index contributed by atoms with van der Waals surface area (Å²) in [6.45, 7) is 5.00. The van der Waals surface area contributed by atoms with Crippen molar-refractivity contribution < 1.29 is 0 Å². The van der Waals surface area contributed by atoms with E-state index in [1.54, 1.807) is 6.20 Å². The summed E-state index contributed by atoms with van der Waals surface area (Å²) >= 11 is 2.06. The molecule has 0 unspecified atom stereocenters. The minimum absolute atomic E-state index is 0.0710. The van der Waals surface area contributed by atoms with Crippen molar-refractivity contribution >= 4 is 22.6 Å². The van der Waals surface area contributed by atoms with Gasteiger partial charge in [-0.1, -0.05) is 20.3 Å². The molecule has 1 N–H and O–H groups in total. The van der Waals surface area contributed by atoms with Crippen LogP contribution in [0.4, 0.5) is 0 Å². The zero-order chi connectivity index (χ0) is 13.8. The van der Waals surface area contributed by atoms with Crippen molar-refractivity contribution in [1.82, 2.24) is 19.7 Å². The van der Waals surface area contributed by atoms with Gasteiger partial charge in [-0.2, -0.15) is 5.10 Å². The van der Waals surface area contributed by atoms with Gasteiger partial charge in [0.15, 0.2) is 5.82 Å². The summed E-state index contributed by atoms with van der Waals surface area (Å²) in [6, 6.07) is 1.89. The average Bonchev–Trinajstić information content (AvgIpc) is 2.84. The van der Waals surface area contributed by atoms with Gasteiger partial charge < -0.3 is 4.98 Å². The molecule has 0 amide bonds. The summed E-state index contributed by atoms with van der Waals surface area (Å²) in [5, 5.41) is 4.26. The molecule has 0 fully saturated rings. The highest BCUT2D eigenvalue weighted by molar-refractivity contribution is 14.1. The molecule has 6 heteroatoms. The maximum atomic E-state index is 12.0. The summed E-state index contributed by atoms with van der Waals surface area (Å²) in [7, 11) is 0. The van der Waals surface area contributed by atoms with Gasteiger partial charge in [-0.25, -0.2) is 4.98 Å². The Morgan fingerprint density at radius 3 is 2.84 bits per heavy atom. The second-order valence-corrected chi connectivity index (χ2v) is 5.44. The molecule has 0 radical (unpaired) electrons. The average molecular weight is 372 g/mol. The molecule has 5 nitrogen and oxygen atoms in total. The molecule has 0 bridgehead atoms. The van der Waals surface area contributed by atoms with Crippen LogP contribution in [-0.4, -0.2) is 19.7 Å². The molecular weight excluding hydrogens is 355 g/mol. The van der Waals surface area contributed by atoms with Gasteiger partial charge in [0, 0.05) is 12.7 Å². The van der Waals surface area contributed by atoms with Crippen molar-refractivity contribution in [1.29, 1.82) is 0 Å². The molecular formula is C13H17IN4O. The third kappa shape index (κ3) is 3.05. The Morgan fingerprint density at radius 1 is 1.37 bits per heavy atom. The number of aromatic amines is 1. The fraction of sp³-hybridized carbons (Fsp3) is 0.462. The predicted octanol–water partition coefficient (Wildman–Crippen LogP) is 2.60. The maximum Gasteiger partial charge on any atom is 0.264 e. The lowest BCUT2D eigenvalue weighted by molar-refractivity contribution is 0.606. The molecule has 2 rings (SSSR count). The number of aryl methyl sites for hydroxylation is 2. The number of rotatable bonds is 5. The summed E-state index contributed by atoms with van der Waals surface area (Å²) < 4.78 is 2.56. The van der Waals surface area contributed by atoms with Crippen molar-refractivity contribution in [3.05, 3.63) is 31.9 Å². The molecule has 2 aromatic heterocycles. The molecule has 2 heterocycles. The fourth-order valence-electron chi connectivity index (χ4n) is 1.95. The van der Waals surface area contributed by atoms with E-state index in [1.165, 1.54) is 0 Å². The van der Waals surface area contributed by atoms with E-state index in [1.807, 2.05) is 10.7 Å². The SMILES string of the molecule is CCCc1nc(-c2ccnn2CCC)[nH]c(=O)c1I. The highest BCUT2D eigenvalue weighted by Gasteiger charge is 2.12. The Morgan fingerprint density at radius 2 is 2.16 bits per heavy atom. The molecule has 102 valence electrons. The number of halogens is 1. The molecule has 0 saturated heterocycles. The van der Waals surface area contributed by atoms with Crippen LogP contribution in [0.5, 0.6) is 0 Å². The monoisotopic (exact) mass is 372 g/mol. The van der Waals surface area contributed by atoms with Crippen LogP contribution in [-0.2, 0) is 13.0 Å². The number of aromatic nitrogens is 4. The lowest BCUT2D eigenvalue weighted by atomic mass is 10.2. The number of H-pyrrole nitrogens is 1. The van der Waals surface area contributed by atoms with E-state index < -0.39 is 0 Å². The van der Waals surface area contributed by atoms with E-state index in [0.29, 0.717) is 9.39 Å². The van der Waals surface area contributed by atoms with Gasteiger partial charge in [0.2, 0.25) is 0 Å². The Bertz CT molecular complexity index is 617. The third-order valence-corrected chi connectivity index (χ3v) is 3.93. The number of nitrogens with zero attached hydrogens (tertiary/aromatic N) is 3. The minimum atomic E-state index is -0.0710. The van der Waals surface area contributed by atoms with Crippen molar-refractivity contribution in [2.24, 2.45) is 0 Å². The Balaban J connectivity index is 2.50. The van der Waals surface area contributed by atoms with E-state index in [9.17, 15) is 4.79 Å². The number of hydrogen-bond acceptors (Lipinski definition) is 3. The second-order valence-electron chi connectivity index (χ2n) is 4.36. The van der Waals surface area contributed by atoms with Gasteiger partial charge in [-0.05, 0) is 41.5 Å². The van der Waals surface area contributed by atoms with Crippen LogP contribution >= 0.6 is 22.6 Å². The van der Waals surface area contributed by atoms with Gasteiger partial charge >= 0.3 is 0 Å². The van der Waals surface area contributed by atoms with E-state index in [2.05, 4.69) is 51.5 Å².